The predicted octanol–water partition coefficient (Wildman–Crippen LogP) is 15.3. The van der Waals surface area contributed by atoms with Gasteiger partial charge in [-0.15, -0.1) is 0 Å². The number of nitrogens with zero attached hydrogens (tertiary/aromatic N) is 8. The van der Waals surface area contributed by atoms with E-state index in [0.29, 0.717) is 81.7 Å². The van der Waals surface area contributed by atoms with Crippen LogP contribution in [0.3, 0.4) is 0 Å². The van der Waals surface area contributed by atoms with Crippen molar-refractivity contribution in [2.24, 2.45) is 0 Å². The van der Waals surface area contributed by atoms with Gasteiger partial charge in [0.05, 0.1) is 44.6 Å². The van der Waals surface area contributed by atoms with Gasteiger partial charge >= 0.3 is 12.4 Å². The van der Waals surface area contributed by atoms with Crippen molar-refractivity contribution >= 4 is 35.3 Å². The smallest absolute Gasteiger partial charge is 0.336 e. The Morgan fingerprint density at radius 3 is 1.85 bits per heavy atom. The van der Waals surface area contributed by atoms with Gasteiger partial charge in [-0.2, -0.15) is 36.3 Å². The lowest BCUT2D eigenvalue weighted by Crippen LogP contribution is -2.42. The number of alkyl halides is 6. The van der Waals surface area contributed by atoms with Crippen LogP contribution in [-0.2, 0) is 78.5 Å². The number of hydrogen-bond acceptors (Lipinski definition) is 10. The number of benzene rings is 6. The van der Waals surface area contributed by atoms with Crippen LogP contribution in [0.5, 0.6) is 0 Å². The minimum Gasteiger partial charge on any atom is -0.336 e. The molecule has 1 unspecified atom stereocenters. The van der Waals surface area contributed by atoms with Gasteiger partial charge in [0, 0.05) is 85.7 Å². The van der Waals surface area contributed by atoms with Crippen LogP contribution >= 0.6 is 23.5 Å². The third-order valence-corrected chi connectivity index (χ3v) is 16.1. The third kappa shape index (κ3) is 18.6. The van der Waals surface area contributed by atoms with Crippen molar-refractivity contribution in [1.82, 2.24) is 38.7 Å². The minimum absolute atomic E-state index is 0.0383. The Bertz CT molecular complexity index is 5800. The quantitative estimate of drug-likeness (QED) is 0.0295. The maximum absolute atomic E-state index is 15.6. The number of hydrogen-bond donors (Lipinski definition) is 0. The zero-order valence-corrected chi connectivity index (χ0v) is 53.3. The highest BCUT2D eigenvalue weighted by Crippen LogP contribution is 2.36. The van der Waals surface area contributed by atoms with E-state index in [4.69, 9.17) is 34.3 Å². The van der Waals surface area contributed by atoms with Crippen molar-refractivity contribution in [2.75, 3.05) is 52.2 Å². The van der Waals surface area contributed by atoms with Crippen LogP contribution in [0.4, 0.5) is 35.1 Å². The molecule has 2 aliphatic rings. The van der Waals surface area contributed by atoms with Crippen molar-refractivity contribution in [1.29, 1.82) is 0 Å². The molecule has 0 spiro atoms. The number of amides is 2. The fourth-order valence-electron chi connectivity index (χ4n) is 9.33. The molecule has 2 aromatic heterocycles. The summed E-state index contributed by atoms with van der Waals surface area (Å²) in [6, 6.07) is -2.42. The Labute approximate surface area is 611 Å². The SMILES string of the molecule is [2H]C([2H])(Sc1nc(=O)c2c(n1C([2H])([2H])C(=O)N(CCN(CC)CC)C([2H])(C)c1ccc(-c3ccc(C(F)(F)F)cc3)cc1)CCC2)c1ccc(F)cc1.[2H]c1c([2H])c(CSc2nc(=O)c3c(n2C([2H])([2H])C(=O)N(C([2H])([2H])c2c([2H])c([2H])c(-c4c([2H])c([2H])c(C(F)(F)F)c(C)c4[2H])c([2H])c2[2H])C([2H])([2H])C([2H])([2H])N(C([2H])([2H])C)C([2H])([2H])C)C([2H])([2H])C([2H])([2H])C3([2H])[2H])c([2H])c([2H])c1F. The lowest BCUT2D eigenvalue weighted by Gasteiger charge is -2.33. The van der Waals surface area contributed by atoms with Crippen LogP contribution in [0.25, 0.3) is 22.3 Å². The van der Waals surface area contributed by atoms with E-state index in [2.05, 4.69) is 9.97 Å². The first-order chi connectivity index (χ1) is 59.0. The Morgan fingerprint density at radius 1 is 0.635 bits per heavy atom. The lowest BCUT2D eigenvalue weighted by molar-refractivity contribution is -0.138. The number of thioether (sulfide) groups is 2. The van der Waals surface area contributed by atoms with Crippen LogP contribution in [0, 0.1) is 18.6 Å². The van der Waals surface area contributed by atoms with E-state index < -0.39 is 265 Å². The Morgan fingerprint density at radius 2 is 1.23 bits per heavy atom. The molecule has 8 aromatic rings. The van der Waals surface area contributed by atoms with Gasteiger partial charge < -0.3 is 28.7 Å². The summed E-state index contributed by atoms with van der Waals surface area (Å²) in [7, 11) is 0. The standard InChI is InChI=1S/2C37H40F4N4O2S/c1-4-43(5-2)21-22-44(25(3)27-11-13-28(14-12-27)29-15-17-30(18-16-29)37(39,40)41)34(46)23-45-33-8-6-7-32(33)35(47)42-36(45)48-24-26-9-19-31(38)20-10-26;1-4-43(5-2)19-20-44(22-26-9-13-28(14-10-26)29-15-18-32(25(3)21-29)37(39,40)41)34(46)23-45-33-8-6-7-31(33)35(47)42-36(45)48-24-27-11-16-30(38)17-12-27/h9-20,25H,4-8,21-24H2,1-3H3;9-18,21H,4-8,19-20,22-24H2,1-3H3/i23D2,24D2,25D;4D2,5D2,6D2,7D2,8D2,9D,10D,11D,12D,13D,14D,15D,16D,17D,18D,19D2,20D2,21D,22D2,23D2. The van der Waals surface area contributed by atoms with Gasteiger partial charge in [-0.05, 0) is 171 Å². The summed E-state index contributed by atoms with van der Waals surface area (Å²) >= 11 is 0.281. The molecule has 12 nitrogen and oxygen atoms in total. The molecule has 0 radical (unpaired) electrons. The second kappa shape index (κ2) is 32.9. The van der Waals surface area contributed by atoms with Crippen LogP contribution in [-0.4, -0.2) is 103 Å². The molecule has 10 rings (SSSR count). The van der Waals surface area contributed by atoms with Gasteiger partial charge in [0.1, 0.15) is 24.6 Å². The molecule has 2 aliphatic carbocycles. The number of halogens is 8. The predicted molar refractivity (Wildman–Crippen MR) is 363 cm³/mol. The lowest BCUT2D eigenvalue weighted by atomic mass is 9.98. The first-order valence-corrected chi connectivity index (χ1v) is 30.8. The average molecular weight is 1400 g/mol. The van der Waals surface area contributed by atoms with Crippen molar-refractivity contribution in [2.45, 2.75) is 140 Å². The number of aromatic nitrogens is 4. The molecule has 0 N–H and O–H groups in total. The van der Waals surface area contributed by atoms with Gasteiger partial charge in [0.15, 0.2) is 10.3 Å². The number of carbonyl (C=O) groups is 2. The number of carbonyl (C=O) groups excluding carboxylic acids is 2. The number of rotatable bonds is 26. The van der Waals surface area contributed by atoms with Gasteiger partial charge in [0.2, 0.25) is 11.8 Å². The molecule has 6 aromatic carbocycles. The van der Waals surface area contributed by atoms with E-state index in [0.717, 1.165) is 33.7 Å². The molecule has 96 heavy (non-hydrogen) atoms. The Kier molecular flexibility index (Phi) is 13.5. The molecule has 2 heterocycles. The van der Waals surface area contributed by atoms with Crippen LogP contribution in [0.1, 0.15) is 161 Å². The van der Waals surface area contributed by atoms with Gasteiger partial charge in [-0.1, -0.05) is 148 Å². The fraction of sp³-hybridized carbons (Fsp3) is 0.378. The van der Waals surface area contributed by atoms with E-state index in [1.807, 2.05) is 18.7 Å². The Balaban J connectivity index is 0.000000313. The summed E-state index contributed by atoms with van der Waals surface area (Å²) in [4.78, 5) is 66.1. The van der Waals surface area contributed by atoms with Gasteiger partial charge in [0.25, 0.3) is 11.1 Å². The monoisotopic (exact) mass is 1390 g/mol. The van der Waals surface area contributed by atoms with Crippen LogP contribution in [0.2, 0.25) is 0 Å². The molecule has 0 saturated carbocycles. The second-order valence-corrected chi connectivity index (χ2v) is 22.2. The molecule has 0 bridgehead atoms. The molecule has 0 saturated heterocycles. The van der Waals surface area contributed by atoms with E-state index in [9.17, 15) is 61.8 Å². The van der Waals surface area contributed by atoms with Crippen LogP contribution < -0.4 is 11.1 Å². The molecule has 0 fully saturated rings. The van der Waals surface area contributed by atoms with Crippen molar-refractivity contribution in [3.8, 4) is 22.3 Å². The summed E-state index contributed by atoms with van der Waals surface area (Å²) in [5.74, 6) is -7.48. The maximum Gasteiger partial charge on any atom is 0.416 e. The summed E-state index contributed by atoms with van der Waals surface area (Å²) < 4.78 is 408. The van der Waals surface area contributed by atoms with E-state index in [1.165, 1.54) is 31.2 Å². The molecular formula is C74H80F8N8O4S2. The van der Waals surface area contributed by atoms with Crippen LogP contribution in [0.15, 0.2) is 159 Å². The largest absolute Gasteiger partial charge is 0.416 e. The minimum atomic E-state index is -5.38. The van der Waals surface area contributed by atoms with Gasteiger partial charge in [-0.25, -0.2) is 8.78 Å². The summed E-state index contributed by atoms with van der Waals surface area (Å²) in [5.41, 5.74) is -15.4. The molecule has 1 atom stereocenters. The van der Waals surface area contributed by atoms with Crippen molar-refractivity contribution < 1.29 is 91.3 Å². The number of fused-ring (bicyclic) bond motifs is 2. The molecular weight excluding hydrogens is 1280 g/mol. The maximum atomic E-state index is 15.6. The second-order valence-electron chi connectivity index (χ2n) is 20.4. The topological polar surface area (TPSA) is 117 Å². The first kappa shape index (κ1) is 39.5. The molecule has 22 heteroatoms. The highest BCUT2D eigenvalue weighted by molar-refractivity contribution is 7.98. The molecule has 2 amide bonds. The van der Waals surface area contributed by atoms with Crippen molar-refractivity contribution in [3.05, 3.63) is 233 Å². The molecule has 0 aliphatic heterocycles. The van der Waals surface area contributed by atoms with E-state index >= 15 is 4.79 Å². The van der Waals surface area contributed by atoms with E-state index in [1.54, 1.807) is 24.3 Å². The normalized spacial score (nSPS) is 21.4. The summed E-state index contributed by atoms with van der Waals surface area (Å²) in [6.45, 7) is -20.7. The fourth-order valence-corrected chi connectivity index (χ4v) is 10.9. The highest BCUT2D eigenvalue weighted by atomic mass is 32.2. The summed E-state index contributed by atoms with van der Waals surface area (Å²) in [6.07, 6.45) is -20.8. The zero-order valence-electron chi connectivity index (χ0n) is 85.6. The highest BCUT2D eigenvalue weighted by Gasteiger charge is 2.34. The van der Waals surface area contributed by atoms with Crippen molar-refractivity contribution in [3.63, 3.8) is 0 Å². The molecule has 508 valence electrons. The number of likely N-dealkylation sites (N-methyl/N-ethyl adjacent to an activating group) is 2. The third-order valence-electron chi connectivity index (χ3n) is 14.4. The van der Waals surface area contributed by atoms with E-state index in [-0.39, 0.29) is 46.7 Å². The summed E-state index contributed by atoms with van der Waals surface area (Å²) in [5, 5.41) is -1.84. The Hall–Kier alpha value is -7.92. The van der Waals surface area contributed by atoms with Gasteiger partial charge in [-0.3, -0.25) is 19.2 Å². The average Bonchev–Trinajstić information content (AvgIpc) is 1.50. The zero-order chi connectivity index (χ0) is 99.1. The first-order valence-electron chi connectivity index (χ1n) is 46.0.